The molecule has 0 aromatic rings. The second-order valence-corrected chi connectivity index (χ2v) is 2.51. The molecule has 0 saturated heterocycles. The number of ether oxygens (including phenoxy) is 1. The summed E-state index contributed by atoms with van der Waals surface area (Å²) in [6.07, 6.45) is -6.18. The summed E-state index contributed by atoms with van der Waals surface area (Å²) in [5.41, 5.74) is 0.395. The SMILES string of the molecule is C=C(C)C(=C)OC(C)C(F)(F)F. The van der Waals surface area contributed by atoms with E-state index in [9.17, 15) is 13.2 Å². The average Bonchev–Trinajstić information content (AvgIpc) is 1.85. The summed E-state index contributed by atoms with van der Waals surface area (Å²) in [5.74, 6) is -0.0279. The maximum Gasteiger partial charge on any atom is 0.425 e. The van der Waals surface area contributed by atoms with Crippen LogP contribution < -0.4 is 0 Å². The normalized spacial score (nSPS) is 13.8. The fourth-order valence-corrected chi connectivity index (χ4v) is 0.381. The van der Waals surface area contributed by atoms with E-state index in [4.69, 9.17) is 0 Å². The lowest BCUT2D eigenvalue weighted by Crippen LogP contribution is -2.28. The van der Waals surface area contributed by atoms with Crippen LogP contribution in [0.25, 0.3) is 0 Å². The topological polar surface area (TPSA) is 9.23 Å². The zero-order valence-electron chi connectivity index (χ0n) is 7.03. The van der Waals surface area contributed by atoms with E-state index in [2.05, 4.69) is 17.9 Å². The fraction of sp³-hybridized carbons (Fsp3) is 0.500. The number of alkyl halides is 3. The van der Waals surface area contributed by atoms with Crippen molar-refractivity contribution < 1.29 is 17.9 Å². The lowest BCUT2D eigenvalue weighted by Gasteiger charge is -2.18. The van der Waals surface area contributed by atoms with Crippen molar-refractivity contribution in [2.45, 2.75) is 26.1 Å². The zero-order chi connectivity index (χ0) is 9.94. The highest BCUT2D eigenvalue weighted by molar-refractivity contribution is 5.16. The Hall–Kier alpha value is -0.930. The first-order valence-corrected chi connectivity index (χ1v) is 3.33. The van der Waals surface area contributed by atoms with Gasteiger partial charge in [-0.25, -0.2) is 0 Å². The van der Waals surface area contributed by atoms with E-state index < -0.39 is 12.3 Å². The lowest BCUT2D eigenvalue weighted by atomic mass is 10.3. The first-order chi connectivity index (χ1) is 5.25. The van der Waals surface area contributed by atoms with Crippen LogP contribution >= 0.6 is 0 Å². The molecule has 12 heavy (non-hydrogen) atoms. The van der Waals surface area contributed by atoms with Gasteiger partial charge in [0, 0.05) is 0 Å². The monoisotopic (exact) mass is 180 g/mol. The lowest BCUT2D eigenvalue weighted by molar-refractivity contribution is -0.202. The Morgan fingerprint density at radius 3 is 2.00 bits per heavy atom. The first-order valence-electron chi connectivity index (χ1n) is 3.33. The summed E-state index contributed by atoms with van der Waals surface area (Å²) in [7, 11) is 0. The molecular weight excluding hydrogens is 169 g/mol. The van der Waals surface area contributed by atoms with Crippen molar-refractivity contribution in [2.24, 2.45) is 0 Å². The van der Waals surface area contributed by atoms with Crippen LogP contribution in [0, 0.1) is 0 Å². The number of hydrogen-bond acceptors (Lipinski definition) is 1. The molecule has 70 valence electrons. The predicted molar refractivity (Wildman–Crippen MR) is 40.6 cm³/mol. The van der Waals surface area contributed by atoms with E-state index in [1.54, 1.807) is 0 Å². The Kier molecular flexibility index (Phi) is 3.36. The summed E-state index contributed by atoms with van der Waals surface area (Å²) in [6, 6.07) is 0. The molecule has 1 unspecified atom stereocenters. The fourth-order valence-electron chi connectivity index (χ4n) is 0.381. The molecule has 1 nitrogen and oxygen atoms in total. The summed E-state index contributed by atoms with van der Waals surface area (Å²) < 4.78 is 40.1. The zero-order valence-corrected chi connectivity index (χ0v) is 7.03. The smallest absolute Gasteiger partial charge is 0.425 e. The van der Waals surface area contributed by atoms with Gasteiger partial charge >= 0.3 is 6.18 Å². The van der Waals surface area contributed by atoms with Crippen LogP contribution in [0.3, 0.4) is 0 Å². The molecule has 0 heterocycles. The molecule has 0 aliphatic rings. The van der Waals surface area contributed by atoms with E-state index in [-0.39, 0.29) is 5.76 Å². The van der Waals surface area contributed by atoms with Gasteiger partial charge in [-0.3, -0.25) is 0 Å². The van der Waals surface area contributed by atoms with Crippen molar-refractivity contribution in [1.29, 1.82) is 0 Å². The van der Waals surface area contributed by atoms with Crippen LogP contribution in [0.2, 0.25) is 0 Å². The van der Waals surface area contributed by atoms with Crippen LogP contribution in [0.5, 0.6) is 0 Å². The van der Waals surface area contributed by atoms with Gasteiger partial charge in [0.25, 0.3) is 0 Å². The minimum atomic E-state index is -4.35. The molecule has 0 amide bonds. The van der Waals surface area contributed by atoms with Gasteiger partial charge in [0.2, 0.25) is 0 Å². The maximum absolute atomic E-state index is 11.9. The molecule has 0 saturated carbocycles. The van der Waals surface area contributed by atoms with Crippen molar-refractivity contribution in [3.8, 4) is 0 Å². The highest BCUT2D eigenvalue weighted by Gasteiger charge is 2.38. The Balaban J connectivity index is 4.11. The van der Waals surface area contributed by atoms with Crippen molar-refractivity contribution >= 4 is 0 Å². The van der Waals surface area contributed by atoms with Gasteiger partial charge in [-0.2, -0.15) is 13.2 Å². The quantitative estimate of drug-likeness (QED) is 0.479. The van der Waals surface area contributed by atoms with Crippen molar-refractivity contribution in [2.75, 3.05) is 0 Å². The molecule has 0 spiro atoms. The molecule has 1 atom stereocenters. The Bertz CT molecular complexity index is 193. The van der Waals surface area contributed by atoms with E-state index >= 15 is 0 Å². The Labute approximate surface area is 69.5 Å². The van der Waals surface area contributed by atoms with Crippen LogP contribution in [-0.4, -0.2) is 12.3 Å². The van der Waals surface area contributed by atoms with Crippen LogP contribution in [0.15, 0.2) is 24.5 Å². The molecule has 0 aromatic carbocycles. The molecule has 0 aliphatic heterocycles. The van der Waals surface area contributed by atoms with E-state index in [1.807, 2.05) is 0 Å². The van der Waals surface area contributed by atoms with Crippen LogP contribution in [0.4, 0.5) is 13.2 Å². The molecular formula is C8H11F3O. The molecule has 4 heteroatoms. The van der Waals surface area contributed by atoms with Gasteiger partial charge in [0.15, 0.2) is 6.10 Å². The molecule has 0 aromatic heterocycles. The van der Waals surface area contributed by atoms with Gasteiger partial charge in [-0.15, -0.1) is 0 Å². The van der Waals surface area contributed by atoms with E-state index in [1.165, 1.54) is 6.92 Å². The number of rotatable bonds is 3. The predicted octanol–water partition coefficient (Wildman–Crippen LogP) is 3.04. The molecule has 0 radical (unpaired) electrons. The third-order valence-corrected chi connectivity index (χ3v) is 1.26. The van der Waals surface area contributed by atoms with E-state index in [0.717, 1.165) is 6.92 Å². The minimum absolute atomic E-state index is 0.0279. The molecule has 0 rings (SSSR count). The van der Waals surface area contributed by atoms with Gasteiger partial charge in [0.05, 0.1) is 0 Å². The minimum Gasteiger partial charge on any atom is -0.482 e. The Morgan fingerprint density at radius 2 is 1.75 bits per heavy atom. The second-order valence-electron chi connectivity index (χ2n) is 2.51. The number of halogens is 3. The third kappa shape index (κ3) is 3.46. The largest absolute Gasteiger partial charge is 0.482 e. The van der Waals surface area contributed by atoms with Gasteiger partial charge < -0.3 is 4.74 Å². The van der Waals surface area contributed by atoms with Crippen molar-refractivity contribution in [3.63, 3.8) is 0 Å². The molecule has 0 aliphatic carbocycles. The maximum atomic E-state index is 11.9. The molecule has 0 fully saturated rings. The summed E-state index contributed by atoms with van der Waals surface area (Å²) in [5, 5.41) is 0. The summed E-state index contributed by atoms with van der Waals surface area (Å²) >= 11 is 0. The standard InChI is InChI=1S/C8H11F3O/c1-5(2)6(3)12-7(4)8(9,10)11/h7H,1,3H2,2,4H3. The average molecular weight is 180 g/mol. The summed E-state index contributed by atoms with van der Waals surface area (Å²) in [6.45, 7) is 9.14. The number of allylic oxidation sites excluding steroid dienone is 1. The van der Waals surface area contributed by atoms with Crippen molar-refractivity contribution in [1.82, 2.24) is 0 Å². The second kappa shape index (κ2) is 3.65. The van der Waals surface area contributed by atoms with Crippen LogP contribution in [0.1, 0.15) is 13.8 Å². The van der Waals surface area contributed by atoms with E-state index in [0.29, 0.717) is 5.57 Å². The Morgan fingerprint density at radius 1 is 1.33 bits per heavy atom. The first kappa shape index (κ1) is 11.1. The van der Waals surface area contributed by atoms with Crippen LogP contribution in [-0.2, 0) is 4.74 Å². The summed E-state index contributed by atoms with van der Waals surface area (Å²) in [4.78, 5) is 0. The third-order valence-electron chi connectivity index (χ3n) is 1.26. The molecule has 0 N–H and O–H groups in total. The highest BCUT2D eigenvalue weighted by Crippen LogP contribution is 2.25. The highest BCUT2D eigenvalue weighted by atomic mass is 19.4. The molecule has 0 bridgehead atoms. The van der Waals surface area contributed by atoms with Crippen molar-refractivity contribution in [3.05, 3.63) is 24.5 Å². The van der Waals surface area contributed by atoms with Gasteiger partial charge in [-0.05, 0) is 19.4 Å². The van der Waals surface area contributed by atoms with Gasteiger partial charge in [0.1, 0.15) is 5.76 Å². The van der Waals surface area contributed by atoms with Gasteiger partial charge in [-0.1, -0.05) is 13.2 Å². The number of hydrogen-bond donors (Lipinski definition) is 0.